The van der Waals surface area contributed by atoms with Gasteiger partial charge in [-0.05, 0) is 40.1 Å². The Labute approximate surface area is 171 Å². The van der Waals surface area contributed by atoms with Crippen LogP contribution in [0.2, 0.25) is 0 Å². The quantitative estimate of drug-likeness (QED) is 0.189. The van der Waals surface area contributed by atoms with Crippen molar-refractivity contribution >= 4 is 10.8 Å². The molecule has 0 aliphatic heterocycles. The average Bonchev–Trinajstić information content (AvgIpc) is 2.77. The topological polar surface area (TPSA) is 9.23 Å². The Kier molecular flexibility index (Phi) is 5.31. The minimum absolute atomic E-state index is 0.195. The summed E-state index contributed by atoms with van der Waals surface area (Å²) in [6.07, 6.45) is 0. The van der Waals surface area contributed by atoms with Crippen molar-refractivity contribution < 1.29 is 35.5 Å². The molecule has 0 heterocycles. The first kappa shape index (κ1) is 20.7. The molecular formula is C23H11F7O. The molecule has 8 heteroatoms. The monoisotopic (exact) mass is 436 g/mol. The lowest BCUT2D eigenvalue weighted by molar-refractivity contribution is 0.246. The summed E-state index contributed by atoms with van der Waals surface area (Å²) >= 11 is 0. The van der Waals surface area contributed by atoms with Gasteiger partial charge in [0.05, 0.1) is 5.56 Å². The summed E-state index contributed by atoms with van der Waals surface area (Å²) in [5.74, 6) is -15.1. The SMILES string of the molecule is Fc1cc(-c2ccc3ccccc3c2)cc(F)c1COc1c(F)c(F)c(F)c(F)c1F. The second-order valence-electron chi connectivity index (χ2n) is 6.67. The van der Waals surface area contributed by atoms with E-state index in [9.17, 15) is 30.7 Å². The number of rotatable bonds is 4. The normalized spacial score (nSPS) is 11.2. The highest BCUT2D eigenvalue weighted by molar-refractivity contribution is 5.87. The van der Waals surface area contributed by atoms with Crippen molar-refractivity contribution in [1.29, 1.82) is 0 Å². The lowest BCUT2D eigenvalue weighted by atomic mass is 10.00. The summed E-state index contributed by atoms with van der Waals surface area (Å²) in [4.78, 5) is 0. The van der Waals surface area contributed by atoms with Gasteiger partial charge in [0.2, 0.25) is 29.1 Å². The van der Waals surface area contributed by atoms with Crippen LogP contribution in [0, 0.1) is 40.7 Å². The molecule has 0 aromatic heterocycles. The number of halogens is 7. The Morgan fingerprint density at radius 3 is 1.71 bits per heavy atom. The van der Waals surface area contributed by atoms with Gasteiger partial charge in [-0.25, -0.2) is 22.0 Å². The molecule has 0 bridgehead atoms. The molecule has 0 fully saturated rings. The average molecular weight is 436 g/mol. The number of ether oxygens (including phenoxy) is 1. The first-order chi connectivity index (χ1) is 14.8. The Hall–Kier alpha value is -3.55. The molecule has 31 heavy (non-hydrogen) atoms. The summed E-state index contributed by atoms with van der Waals surface area (Å²) in [6, 6.07) is 14.5. The molecule has 158 valence electrons. The largest absolute Gasteiger partial charge is 0.482 e. The van der Waals surface area contributed by atoms with Gasteiger partial charge in [-0.2, -0.15) is 8.78 Å². The third kappa shape index (κ3) is 3.69. The van der Waals surface area contributed by atoms with Crippen molar-refractivity contribution in [2.24, 2.45) is 0 Å². The molecule has 4 aromatic rings. The molecule has 0 unspecified atom stereocenters. The molecule has 0 radical (unpaired) electrons. The predicted octanol–water partition coefficient (Wildman–Crippen LogP) is 7.06. The van der Waals surface area contributed by atoms with Gasteiger partial charge in [-0.15, -0.1) is 0 Å². The molecular weight excluding hydrogens is 425 g/mol. The molecule has 0 saturated heterocycles. The van der Waals surface area contributed by atoms with E-state index >= 15 is 0 Å². The van der Waals surface area contributed by atoms with Gasteiger partial charge in [-0.3, -0.25) is 0 Å². The Bertz CT molecular complexity index is 1270. The lowest BCUT2D eigenvalue weighted by Crippen LogP contribution is -2.09. The molecule has 0 saturated carbocycles. The maximum Gasteiger partial charge on any atom is 0.207 e. The summed E-state index contributed by atoms with van der Waals surface area (Å²) in [6.45, 7) is -1.09. The number of benzene rings is 4. The fraction of sp³-hybridized carbons (Fsp3) is 0.0435. The maximum absolute atomic E-state index is 14.5. The van der Waals surface area contributed by atoms with Crippen molar-refractivity contribution in [2.45, 2.75) is 6.61 Å². The molecule has 0 aliphatic carbocycles. The van der Waals surface area contributed by atoms with Crippen LogP contribution in [0.4, 0.5) is 30.7 Å². The zero-order valence-electron chi connectivity index (χ0n) is 15.5. The van der Waals surface area contributed by atoms with E-state index in [2.05, 4.69) is 4.74 Å². The zero-order valence-corrected chi connectivity index (χ0v) is 15.5. The maximum atomic E-state index is 14.5. The van der Waals surface area contributed by atoms with Crippen LogP contribution in [0.25, 0.3) is 21.9 Å². The fourth-order valence-electron chi connectivity index (χ4n) is 3.13. The minimum Gasteiger partial charge on any atom is -0.482 e. The van der Waals surface area contributed by atoms with Crippen LogP contribution in [0.15, 0.2) is 54.6 Å². The molecule has 4 rings (SSSR count). The molecule has 1 nitrogen and oxygen atoms in total. The highest BCUT2D eigenvalue weighted by Crippen LogP contribution is 2.31. The minimum atomic E-state index is -2.36. The van der Waals surface area contributed by atoms with Crippen LogP contribution >= 0.6 is 0 Å². The van der Waals surface area contributed by atoms with Gasteiger partial charge < -0.3 is 4.74 Å². The molecule has 0 spiro atoms. The zero-order chi connectivity index (χ0) is 22.3. The Morgan fingerprint density at radius 1 is 0.548 bits per heavy atom. The van der Waals surface area contributed by atoms with Gasteiger partial charge in [-0.1, -0.05) is 36.4 Å². The number of hydrogen-bond donors (Lipinski definition) is 0. The van der Waals surface area contributed by atoms with E-state index in [4.69, 9.17) is 0 Å². The third-order valence-corrected chi connectivity index (χ3v) is 4.75. The van der Waals surface area contributed by atoms with E-state index in [-0.39, 0.29) is 5.56 Å². The van der Waals surface area contributed by atoms with Gasteiger partial charge in [0.1, 0.15) is 18.2 Å². The fourth-order valence-corrected chi connectivity index (χ4v) is 3.13. The van der Waals surface area contributed by atoms with E-state index in [1.54, 1.807) is 18.2 Å². The Morgan fingerprint density at radius 2 is 1.10 bits per heavy atom. The van der Waals surface area contributed by atoms with Crippen LogP contribution in [-0.4, -0.2) is 0 Å². The van der Waals surface area contributed by atoms with Gasteiger partial charge >= 0.3 is 0 Å². The van der Waals surface area contributed by atoms with Gasteiger partial charge in [0, 0.05) is 0 Å². The summed E-state index contributed by atoms with van der Waals surface area (Å²) < 4.78 is 101. The Balaban J connectivity index is 1.66. The van der Waals surface area contributed by atoms with E-state index < -0.39 is 58.6 Å². The van der Waals surface area contributed by atoms with Gasteiger partial charge in [0.15, 0.2) is 5.75 Å². The first-order valence-electron chi connectivity index (χ1n) is 8.89. The second kappa shape index (κ2) is 7.94. The summed E-state index contributed by atoms with van der Waals surface area (Å²) in [5.41, 5.74) is -0.0158. The van der Waals surface area contributed by atoms with Crippen LogP contribution in [-0.2, 0) is 6.61 Å². The molecule has 0 atom stereocenters. The van der Waals surface area contributed by atoms with E-state index in [0.717, 1.165) is 22.9 Å². The highest BCUT2D eigenvalue weighted by atomic mass is 19.2. The number of fused-ring (bicyclic) bond motifs is 1. The van der Waals surface area contributed by atoms with Crippen LogP contribution in [0.1, 0.15) is 5.56 Å². The molecule has 0 aliphatic rings. The van der Waals surface area contributed by atoms with Crippen molar-refractivity contribution in [2.75, 3.05) is 0 Å². The molecule has 4 aromatic carbocycles. The standard InChI is InChI=1S/C23H11F7O/c24-16-8-14(13-6-5-11-3-1-2-4-12(11)7-13)9-17(25)15(16)10-31-23-21(29)19(27)18(26)20(28)22(23)30/h1-9H,10H2. The predicted molar refractivity (Wildman–Crippen MR) is 99.9 cm³/mol. The van der Waals surface area contributed by atoms with Gasteiger partial charge in [0.25, 0.3) is 0 Å². The van der Waals surface area contributed by atoms with Crippen LogP contribution in [0.3, 0.4) is 0 Å². The van der Waals surface area contributed by atoms with Crippen LogP contribution < -0.4 is 4.74 Å². The highest BCUT2D eigenvalue weighted by Gasteiger charge is 2.27. The first-order valence-corrected chi connectivity index (χ1v) is 8.89. The molecule has 0 N–H and O–H groups in total. The second-order valence-corrected chi connectivity index (χ2v) is 6.67. The number of hydrogen-bond acceptors (Lipinski definition) is 1. The van der Waals surface area contributed by atoms with Crippen molar-refractivity contribution in [3.05, 3.63) is 101 Å². The van der Waals surface area contributed by atoms with Crippen molar-refractivity contribution in [3.8, 4) is 16.9 Å². The van der Waals surface area contributed by atoms with Crippen molar-refractivity contribution in [3.63, 3.8) is 0 Å². The van der Waals surface area contributed by atoms with E-state index in [0.29, 0.717) is 5.56 Å². The lowest BCUT2D eigenvalue weighted by Gasteiger charge is -2.12. The van der Waals surface area contributed by atoms with E-state index in [1.165, 1.54) is 0 Å². The third-order valence-electron chi connectivity index (χ3n) is 4.75. The summed E-state index contributed by atoms with van der Waals surface area (Å²) in [5, 5.41) is 1.78. The molecule has 0 amide bonds. The van der Waals surface area contributed by atoms with Crippen LogP contribution in [0.5, 0.6) is 5.75 Å². The van der Waals surface area contributed by atoms with E-state index in [1.807, 2.05) is 24.3 Å². The van der Waals surface area contributed by atoms with Crippen molar-refractivity contribution in [1.82, 2.24) is 0 Å². The summed E-state index contributed by atoms with van der Waals surface area (Å²) in [7, 11) is 0. The smallest absolute Gasteiger partial charge is 0.207 e.